The number of nitrogens with zero attached hydrogens (tertiary/aromatic N) is 2. The summed E-state index contributed by atoms with van der Waals surface area (Å²) >= 11 is 0. The quantitative estimate of drug-likeness (QED) is 0.497. The maximum atomic E-state index is 13.0. The lowest BCUT2D eigenvalue weighted by Gasteiger charge is -2.22. The SMILES string of the molecule is O=C(CCCCC1CCSS1)N1CCCN(Cc2ccc(F)cc2)CC1. The van der Waals surface area contributed by atoms with Gasteiger partial charge in [-0.25, -0.2) is 4.39 Å². The van der Waals surface area contributed by atoms with E-state index in [4.69, 9.17) is 0 Å². The summed E-state index contributed by atoms with van der Waals surface area (Å²) in [4.78, 5) is 16.9. The highest BCUT2D eigenvalue weighted by atomic mass is 33.1. The molecule has 0 N–H and O–H groups in total. The van der Waals surface area contributed by atoms with Gasteiger partial charge in [-0.05, 0) is 43.4 Å². The van der Waals surface area contributed by atoms with Crippen LogP contribution in [0, 0.1) is 5.82 Å². The van der Waals surface area contributed by atoms with Crippen molar-refractivity contribution in [3.63, 3.8) is 0 Å². The molecule has 2 fully saturated rings. The van der Waals surface area contributed by atoms with Crippen LogP contribution in [0.5, 0.6) is 0 Å². The van der Waals surface area contributed by atoms with Gasteiger partial charge in [-0.3, -0.25) is 9.69 Å². The average molecular weight is 397 g/mol. The number of rotatable bonds is 7. The highest BCUT2D eigenvalue weighted by molar-refractivity contribution is 8.77. The van der Waals surface area contributed by atoms with Crippen LogP contribution >= 0.6 is 21.6 Å². The number of unbranched alkanes of at least 4 members (excludes halogenated alkanes) is 1. The van der Waals surface area contributed by atoms with Crippen molar-refractivity contribution < 1.29 is 9.18 Å². The fourth-order valence-corrected chi connectivity index (χ4v) is 6.62. The smallest absolute Gasteiger partial charge is 0.222 e. The number of carbonyl (C=O) groups is 1. The van der Waals surface area contributed by atoms with E-state index in [1.165, 1.54) is 37.1 Å². The van der Waals surface area contributed by atoms with E-state index in [-0.39, 0.29) is 5.82 Å². The van der Waals surface area contributed by atoms with Crippen molar-refractivity contribution in [2.45, 2.75) is 50.3 Å². The second-order valence-corrected chi connectivity index (χ2v) is 10.00. The summed E-state index contributed by atoms with van der Waals surface area (Å²) in [5, 5.41) is 0.813. The molecule has 0 bridgehead atoms. The third-order valence-electron chi connectivity index (χ3n) is 5.15. The molecule has 0 aliphatic carbocycles. The summed E-state index contributed by atoms with van der Waals surface area (Å²) in [5.74, 6) is 1.42. The molecule has 2 saturated heterocycles. The molecule has 1 aromatic carbocycles. The number of benzene rings is 1. The van der Waals surface area contributed by atoms with Gasteiger partial charge < -0.3 is 4.90 Å². The van der Waals surface area contributed by atoms with E-state index in [9.17, 15) is 9.18 Å². The van der Waals surface area contributed by atoms with Crippen LogP contribution in [0.25, 0.3) is 0 Å². The van der Waals surface area contributed by atoms with Gasteiger partial charge in [0.1, 0.15) is 5.82 Å². The largest absolute Gasteiger partial charge is 0.341 e. The Balaban J connectivity index is 1.35. The number of halogens is 1. The molecule has 3 nitrogen and oxygen atoms in total. The molecule has 0 aromatic heterocycles. The molecule has 1 unspecified atom stereocenters. The monoisotopic (exact) mass is 396 g/mol. The van der Waals surface area contributed by atoms with Crippen LogP contribution in [-0.4, -0.2) is 52.9 Å². The Bertz CT molecular complexity index is 563. The lowest BCUT2D eigenvalue weighted by atomic mass is 10.1. The first kappa shape index (κ1) is 20.0. The molecular weight excluding hydrogens is 367 g/mol. The molecule has 144 valence electrons. The first-order chi connectivity index (χ1) is 12.7. The van der Waals surface area contributed by atoms with Crippen LogP contribution in [0.3, 0.4) is 0 Å². The zero-order valence-electron chi connectivity index (χ0n) is 15.4. The highest BCUT2D eigenvalue weighted by Crippen LogP contribution is 2.39. The summed E-state index contributed by atoms with van der Waals surface area (Å²) in [6, 6.07) is 6.74. The summed E-state index contributed by atoms with van der Waals surface area (Å²) in [6.45, 7) is 4.42. The van der Waals surface area contributed by atoms with Crippen molar-refractivity contribution in [1.82, 2.24) is 9.80 Å². The summed E-state index contributed by atoms with van der Waals surface area (Å²) < 4.78 is 13.0. The Labute approximate surface area is 164 Å². The van der Waals surface area contributed by atoms with E-state index in [2.05, 4.69) is 4.90 Å². The fraction of sp³-hybridized carbons (Fsp3) is 0.650. The molecule has 1 atom stereocenters. The minimum Gasteiger partial charge on any atom is -0.341 e. The van der Waals surface area contributed by atoms with Gasteiger partial charge >= 0.3 is 0 Å². The van der Waals surface area contributed by atoms with Crippen molar-refractivity contribution in [3.05, 3.63) is 35.6 Å². The summed E-state index contributed by atoms with van der Waals surface area (Å²) in [6.07, 6.45) is 6.51. The van der Waals surface area contributed by atoms with Gasteiger partial charge in [-0.1, -0.05) is 40.1 Å². The van der Waals surface area contributed by atoms with Gasteiger partial charge in [0.2, 0.25) is 5.91 Å². The van der Waals surface area contributed by atoms with Gasteiger partial charge in [-0.2, -0.15) is 0 Å². The molecule has 2 aliphatic heterocycles. The molecule has 1 amide bonds. The molecule has 2 aliphatic rings. The van der Waals surface area contributed by atoms with Gasteiger partial charge in [0.25, 0.3) is 0 Å². The Kier molecular flexibility index (Phi) is 8.14. The number of amides is 1. The summed E-state index contributed by atoms with van der Waals surface area (Å²) in [7, 11) is 4.02. The van der Waals surface area contributed by atoms with E-state index in [1.54, 1.807) is 0 Å². The van der Waals surface area contributed by atoms with E-state index >= 15 is 0 Å². The highest BCUT2D eigenvalue weighted by Gasteiger charge is 2.20. The normalized spacial score (nSPS) is 21.7. The Morgan fingerprint density at radius 2 is 1.96 bits per heavy atom. The van der Waals surface area contributed by atoms with E-state index in [1.807, 2.05) is 38.6 Å². The van der Waals surface area contributed by atoms with Crippen molar-refractivity contribution in [3.8, 4) is 0 Å². The van der Waals surface area contributed by atoms with Crippen LogP contribution in [0.1, 0.15) is 44.1 Å². The van der Waals surface area contributed by atoms with Crippen LogP contribution < -0.4 is 0 Å². The second kappa shape index (κ2) is 10.6. The van der Waals surface area contributed by atoms with Crippen LogP contribution in [0.4, 0.5) is 4.39 Å². The van der Waals surface area contributed by atoms with Crippen molar-refractivity contribution in [2.24, 2.45) is 0 Å². The molecule has 0 saturated carbocycles. The summed E-state index contributed by atoms with van der Waals surface area (Å²) in [5.41, 5.74) is 1.13. The molecule has 0 spiro atoms. The minimum absolute atomic E-state index is 0.188. The third kappa shape index (κ3) is 6.46. The van der Waals surface area contributed by atoms with E-state index in [0.29, 0.717) is 12.3 Å². The zero-order chi connectivity index (χ0) is 18.2. The lowest BCUT2D eigenvalue weighted by Crippen LogP contribution is -2.35. The Morgan fingerprint density at radius 3 is 2.73 bits per heavy atom. The topological polar surface area (TPSA) is 23.6 Å². The van der Waals surface area contributed by atoms with Crippen molar-refractivity contribution in [2.75, 3.05) is 31.9 Å². The third-order valence-corrected chi connectivity index (χ3v) is 8.16. The predicted octanol–water partition coefficient (Wildman–Crippen LogP) is 4.57. The number of carbonyl (C=O) groups excluding carboxylic acids is 1. The fourth-order valence-electron chi connectivity index (χ4n) is 3.60. The number of hydrogen-bond acceptors (Lipinski definition) is 4. The average Bonchev–Trinajstić information content (AvgIpc) is 3.05. The standard InChI is InChI=1S/C20H29FN2OS2/c21-18-8-6-17(7-9-18)16-22-11-3-12-23(14-13-22)20(24)5-2-1-4-19-10-15-25-26-19/h6-9,19H,1-5,10-16H2. The first-order valence-corrected chi connectivity index (χ1v) is 12.1. The minimum atomic E-state index is -0.188. The van der Waals surface area contributed by atoms with Crippen LogP contribution in [0.15, 0.2) is 24.3 Å². The van der Waals surface area contributed by atoms with E-state index in [0.717, 1.165) is 56.4 Å². The zero-order valence-corrected chi connectivity index (χ0v) is 17.0. The molecule has 2 heterocycles. The Hall–Kier alpha value is -0.720. The first-order valence-electron chi connectivity index (χ1n) is 9.73. The molecule has 3 rings (SSSR count). The lowest BCUT2D eigenvalue weighted by molar-refractivity contribution is -0.131. The number of hydrogen-bond donors (Lipinski definition) is 0. The molecule has 6 heteroatoms. The maximum Gasteiger partial charge on any atom is 0.222 e. The molecule has 26 heavy (non-hydrogen) atoms. The van der Waals surface area contributed by atoms with Gasteiger partial charge in [0.05, 0.1) is 0 Å². The second-order valence-electron chi connectivity index (χ2n) is 7.21. The maximum absolute atomic E-state index is 13.0. The van der Waals surface area contributed by atoms with Gasteiger partial charge in [-0.15, -0.1) is 0 Å². The Morgan fingerprint density at radius 1 is 1.12 bits per heavy atom. The van der Waals surface area contributed by atoms with E-state index < -0.39 is 0 Å². The van der Waals surface area contributed by atoms with Crippen LogP contribution in [-0.2, 0) is 11.3 Å². The molecular formula is C20H29FN2OS2. The van der Waals surface area contributed by atoms with Crippen LogP contribution in [0.2, 0.25) is 0 Å². The molecule has 0 radical (unpaired) electrons. The van der Waals surface area contributed by atoms with Crippen molar-refractivity contribution in [1.29, 1.82) is 0 Å². The van der Waals surface area contributed by atoms with Gasteiger partial charge in [0, 0.05) is 50.1 Å². The van der Waals surface area contributed by atoms with Crippen molar-refractivity contribution >= 4 is 27.5 Å². The predicted molar refractivity (Wildman–Crippen MR) is 110 cm³/mol. The van der Waals surface area contributed by atoms with Gasteiger partial charge in [0.15, 0.2) is 0 Å². The molecule has 1 aromatic rings.